The van der Waals surface area contributed by atoms with Crippen LogP contribution in [0.2, 0.25) is 0 Å². The first-order valence-corrected chi connectivity index (χ1v) is 14.4. The number of ether oxygens (including phenoxy) is 2. The van der Waals surface area contributed by atoms with Crippen molar-refractivity contribution in [3.05, 3.63) is 45.1 Å². The average Bonchev–Trinajstić information content (AvgIpc) is 2.98. The first-order chi connectivity index (χ1) is 21.6. The van der Waals surface area contributed by atoms with Crippen LogP contribution < -0.4 is 20.1 Å². The number of phenols is 3. The highest BCUT2D eigenvalue weighted by atomic mass is 19.4. The molecule has 0 unspecified atom stereocenters. The maximum absolute atomic E-state index is 13.0. The highest BCUT2D eigenvalue weighted by Crippen LogP contribution is 2.58. The second-order valence-corrected chi connectivity index (χ2v) is 11.7. The van der Waals surface area contributed by atoms with Gasteiger partial charge < -0.3 is 40.3 Å². The summed E-state index contributed by atoms with van der Waals surface area (Å²) < 4.78 is 49.4. The minimum Gasteiger partial charge on any atom is -0.507 e. The van der Waals surface area contributed by atoms with Crippen molar-refractivity contribution in [3.8, 4) is 34.8 Å². The molecule has 3 aliphatic rings. The quantitative estimate of drug-likeness (QED) is 0.295. The Hall–Kier alpha value is -4.84. The number of nitrogens with one attached hydrogen (secondary N) is 2. The molecule has 2 aromatic carbocycles. The fraction of sp³-hybridized carbons (Fsp3) is 0.452. The van der Waals surface area contributed by atoms with E-state index in [4.69, 9.17) is 9.47 Å². The number of methoxy groups -OCH3 is 2. The Labute approximate surface area is 262 Å². The molecule has 0 saturated carbocycles. The number of aromatic hydroxyl groups is 3. The zero-order valence-corrected chi connectivity index (χ0v) is 25.9. The highest BCUT2D eigenvalue weighted by molar-refractivity contribution is 5.89. The van der Waals surface area contributed by atoms with Crippen molar-refractivity contribution in [1.82, 2.24) is 20.4 Å². The maximum Gasteiger partial charge on any atom is 0.471 e. The maximum atomic E-state index is 13.0. The van der Waals surface area contributed by atoms with Gasteiger partial charge in [-0.15, -0.1) is 0 Å². The Morgan fingerprint density at radius 2 is 1.74 bits per heavy atom. The number of rotatable bonds is 6. The SMILES string of the molecule is COc1c(C)cc2c(c1O)[C@@H]1C3=Cc4c(O)c(C)c(OC)c(O)c4[C@H](CNC(=O)[C@H](C)NC(=O)C(F)(F)F)N3[C@@H](C#N)[C@H](C2)N1C. The molecule has 46 heavy (non-hydrogen) atoms. The fourth-order valence-electron chi connectivity index (χ4n) is 6.99. The summed E-state index contributed by atoms with van der Waals surface area (Å²) in [5.74, 6) is -3.69. The number of alkyl halides is 3. The molecule has 0 aromatic heterocycles. The van der Waals surface area contributed by atoms with Gasteiger partial charge in [-0.05, 0) is 51.4 Å². The molecule has 1 fully saturated rings. The number of piperazine rings is 1. The number of hydrogen-bond acceptors (Lipinski definition) is 10. The van der Waals surface area contributed by atoms with Crippen LogP contribution in [0.4, 0.5) is 13.2 Å². The lowest BCUT2D eigenvalue weighted by Gasteiger charge is -2.57. The van der Waals surface area contributed by atoms with Crippen LogP contribution in [-0.4, -0.2) is 89.0 Å². The van der Waals surface area contributed by atoms with Gasteiger partial charge in [-0.1, -0.05) is 6.07 Å². The summed E-state index contributed by atoms with van der Waals surface area (Å²) >= 11 is 0. The molecular formula is C31H34F3N5O7. The lowest BCUT2D eigenvalue weighted by atomic mass is 9.75. The Kier molecular flexibility index (Phi) is 8.14. The molecule has 246 valence electrons. The lowest BCUT2D eigenvalue weighted by molar-refractivity contribution is -0.174. The zero-order chi connectivity index (χ0) is 34.0. The molecule has 0 aliphatic carbocycles. The Morgan fingerprint density at radius 3 is 2.33 bits per heavy atom. The number of fused-ring (bicyclic) bond motifs is 7. The number of nitrogens with zero attached hydrogens (tertiary/aromatic N) is 3. The Bertz CT molecular complexity index is 1700. The normalized spacial score (nSPS) is 22.3. The Morgan fingerprint density at radius 1 is 1.11 bits per heavy atom. The number of carbonyl (C=O) groups excluding carboxylic acids is 2. The fourth-order valence-corrected chi connectivity index (χ4v) is 6.99. The van der Waals surface area contributed by atoms with Crippen molar-refractivity contribution < 1.29 is 47.6 Å². The van der Waals surface area contributed by atoms with Crippen LogP contribution in [0.5, 0.6) is 28.7 Å². The van der Waals surface area contributed by atoms with Gasteiger partial charge in [0.05, 0.1) is 32.4 Å². The molecule has 5 rings (SSSR count). The van der Waals surface area contributed by atoms with Crippen LogP contribution in [0.3, 0.4) is 0 Å². The van der Waals surface area contributed by atoms with Crippen molar-refractivity contribution >= 4 is 17.9 Å². The molecule has 5 N–H and O–H groups in total. The molecule has 2 amide bonds. The summed E-state index contributed by atoms with van der Waals surface area (Å²) in [7, 11) is 4.54. The van der Waals surface area contributed by atoms with E-state index in [2.05, 4.69) is 11.4 Å². The zero-order valence-electron chi connectivity index (χ0n) is 25.9. The first kappa shape index (κ1) is 32.6. The minimum atomic E-state index is -5.20. The summed E-state index contributed by atoms with van der Waals surface area (Å²) in [6.45, 7) is 4.07. The van der Waals surface area contributed by atoms with Gasteiger partial charge in [-0.3, -0.25) is 14.5 Å². The molecule has 0 radical (unpaired) electrons. The largest absolute Gasteiger partial charge is 0.507 e. The van der Waals surface area contributed by atoms with E-state index in [9.17, 15) is 43.3 Å². The second kappa shape index (κ2) is 11.5. The van der Waals surface area contributed by atoms with E-state index in [1.165, 1.54) is 21.1 Å². The summed E-state index contributed by atoms with van der Waals surface area (Å²) in [5, 5.41) is 49.0. The van der Waals surface area contributed by atoms with Crippen LogP contribution in [0.25, 0.3) is 6.08 Å². The molecule has 0 spiro atoms. The number of benzene rings is 2. The molecule has 5 atom stereocenters. The van der Waals surface area contributed by atoms with Gasteiger partial charge in [-0.2, -0.15) is 18.4 Å². The van der Waals surface area contributed by atoms with Crippen LogP contribution in [0.1, 0.15) is 52.4 Å². The van der Waals surface area contributed by atoms with Crippen LogP contribution in [-0.2, 0) is 16.0 Å². The van der Waals surface area contributed by atoms with Gasteiger partial charge in [0, 0.05) is 40.5 Å². The molecule has 2 bridgehead atoms. The number of carbonyl (C=O) groups is 2. The number of likely N-dealkylation sites (N-methyl/N-ethyl adjacent to an activating group) is 1. The van der Waals surface area contributed by atoms with Crippen molar-refractivity contribution in [2.75, 3.05) is 27.8 Å². The molecule has 15 heteroatoms. The lowest BCUT2D eigenvalue weighted by Crippen LogP contribution is -2.62. The number of aryl methyl sites for hydroxylation is 1. The molecule has 2 aromatic rings. The number of nitriles is 1. The number of halogens is 3. The minimum absolute atomic E-state index is 0.0405. The van der Waals surface area contributed by atoms with E-state index in [0.29, 0.717) is 23.2 Å². The summed E-state index contributed by atoms with van der Waals surface area (Å²) in [6.07, 6.45) is -3.23. The van der Waals surface area contributed by atoms with E-state index in [0.717, 1.165) is 12.5 Å². The first-order valence-electron chi connectivity index (χ1n) is 14.4. The van der Waals surface area contributed by atoms with Crippen molar-refractivity contribution in [2.24, 2.45) is 0 Å². The van der Waals surface area contributed by atoms with Crippen molar-refractivity contribution in [3.63, 3.8) is 0 Å². The van der Waals surface area contributed by atoms with Gasteiger partial charge in [0.15, 0.2) is 23.0 Å². The van der Waals surface area contributed by atoms with Gasteiger partial charge in [0.25, 0.3) is 0 Å². The summed E-state index contributed by atoms with van der Waals surface area (Å²) in [6, 6.07) is -0.401. The van der Waals surface area contributed by atoms with E-state index >= 15 is 0 Å². The third kappa shape index (κ3) is 4.87. The third-order valence-corrected chi connectivity index (χ3v) is 9.12. The monoisotopic (exact) mass is 645 g/mol. The summed E-state index contributed by atoms with van der Waals surface area (Å²) in [5.41, 5.74) is 2.99. The highest BCUT2D eigenvalue weighted by Gasteiger charge is 2.53. The molecule has 1 saturated heterocycles. The smallest absolute Gasteiger partial charge is 0.471 e. The number of phenolic OH excluding ortho intramolecular Hbond substituents is 3. The average molecular weight is 646 g/mol. The van der Waals surface area contributed by atoms with Crippen molar-refractivity contribution in [2.45, 2.75) is 63.6 Å². The van der Waals surface area contributed by atoms with Gasteiger partial charge >= 0.3 is 12.1 Å². The molecule has 3 heterocycles. The van der Waals surface area contributed by atoms with Gasteiger partial charge in [-0.25, -0.2) is 0 Å². The van der Waals surface area contributed by atoms with Crippen molar-refractivity contribution in [1.29, 1.82) is 5.26 Å². The molecular weight excluding hydrogens is 611 g/mol. The van der Waals surface area contributed by atoms with E-state index in [1.54, 1.807) is 30.3 Å². The van der Waals surface area contributed by atoms with Gasteiger partial charge in [0.2, 0.25) is 5.91 Å². The van der Waals surface area contributed by atoms with Crippen LogP contribution in [0.15, 0.2) is 11.8 Å². The number of hydrogen-bond donors (Lipinski definition) is 5. The van der Waals surface area contributed by atoms with Crippen LogP contribution in [0, 0.1) is 25.2 Å². The molecule has 3 aliphatic heterocycles. The summed E-state index contributed by atoms with van der Waals surface area (Å²) in [4.78, 5) is 28.1. The second-order valence-electron chi connectivity index (χ2n) is 11.7. The Balaban J connectivity index is 1.68. The van der Waals surface area contributed by atoms with Crippen LogP contribution >= 0.6 is 0 Å². The number of amides is 2. The predicted octanol–water partition coefficient (Wildman–Crippen LogP) is 2.82. The standard InChI is InChI=1S/C31H34F3N5O7/c1-12-7-15-8-17-19(10-35)39-18(23(38(17)4)21(15)25(41)27(12)45-5)9-16-22(26(42)28(46-6)13(2)24(16)40)20(39)11-36-29(43)14(3)37-30(44)31(32,33)34/h7,9,14,17,19-20,23,40-42H,8,11H2,1-6H3,(H,36,43)(H,37,44)/t14-,17-,19-,20-,23-/m0/s1. The van der Waals surface area contributed by atoms with E-state index < -0.39 is 48.2 Å². The third-order valence-electron chi connectivity index (χ3n) is 9.12. The topological polar surface area (TPSA) is 168 Å². The van der Waals surface area contributed by atoms with E-state index in [1.807, 2.05) is 11.0 Å². The van der Waals surface area contributed by atoms with Gasteiger partial charge in [0.1, 0.15) is 17.8 Å². The van der Waals surface area contributed by atoms with E-state index in [-0.39, 0.29) is 52.0 Å². The predicted molar refractivity (Wildman–Crippen MR) is 157 cm³/mol. The molecule has 12 nitrogen and oxygen atoms in total.